The summed E-state index contributed by atoms with van der Waals surface area (Å²) in [5, 5.41) is 3.62. The summed E-state index contributed by atoms with van der Waals surface area (Å²) < 4.78 is 0. The van der Waals surface area contributed by atoms with Crippen molar-refractivity contribution in [3.63, 3.8) is 0 Å². The molecule has 0 aliphatic heterocycles. The fourth-order valence-electron chi connectivity index (χ4n) is 1.87. The lowest BCUT2D eigenvalue weighted by Gasteiger charge is -2.29. The molecule has 1 atom stereocenters. The van der Waals surface area contributed by atoms with E-state index in [-0.39, 0.29) is 0 Å². The zero-order chi connectivity index (χ0) is 8.81. The van der Waals surface area contributed by atoms with Crippen LogP contribution in [0.2, 0.25) is 0 Å². The Morgan fingerprint density at radius 3 is 2.50 bits per heavy atom. The highest BCUT2D eigenvalue weighted by Crippen LogP contribution is 2.30. The van der Waals surface area contributed by atoms with Crippen LogP contribution >= 0.6 is 0 Å². The zero-order valence-electron chi connectivity index (χ0n) is 8.60. The molecule has 0 spiro atoms. The van der Waals surface area contributed by atoms with Crippen molar-refractivity contribution in [1.82, 2.24) is 5.32 Å². The maximum absolute atomic E-state index is 3.62. The Bertz CT molecular complexity index is 108. The van der Waals surface area contributed by atoms with E-state index in [1.807, 2.05) is 0 Å². The van der Waals surface area contributed by atoms with E-state index in [1.165, 1.54) is 45.1 Å². The molecule has 1 unspecified atom stereocenters. The molecule has 1 aliphatic carbocycles. The van der Waals surface area contributed by atoms with Crippen LogP contribution in [-0.4, -0.2) is 12.6 Å². The third kappa shape index (κ3) is 3.14. The highest BCUT2D eigenvalue weighted by Gasteiger charge is 2.20. The van der Waals surface area contributed by atoms with Gasteiger partial charge in [-0.1, -0.05) is 33.1 Å². The molecule has 0 aromatic carbocycles. The lowest BCUT2D eigenvalue weighted by Crippen LogP contribution is -2.32. The molecule has 0 heterocycles. The van der Waals surface area contributed by atoms with Crippen LogP contribution in [0.3, 0.4) is 0 Å². The molecule has 1 fully saturated rings. The van der Waals surface area contributed by atoms with Crippen LogP contribution in [0.15, 0.2) is 0 Å². The van der Waals surface area contributed by atoms with Gasteiger partial charge < -0.3 is 5.32 Å². The second-order valence-corrected chi connectivity index (χ2v) is 4.09. The Balaban J connectivity index is 2.06. The van der Waals surface area contributed by atoms with Crippen molar-refractivity contribution >= 4 is 0 Å². The molecule has 0 saturated heterocycles. The number of rotatable bonds is 6. The largest absolute Gasteiger partial charge is 0.314 e. The van der Waals surface area contributed by atoms with Gasteiger partial charge in [-0.25, -0.2) is 0 Å². The molecule has 1 aliphatic rings. The van der Waals surface area contributed by atoms with Gasteiger partial charge in [-0.3, -0.25) is 0 Å². The molecule has 0 bridgehead atoms. The van der Waals surface area contributed by atoms with Crippen molar-refractivity contribution in [3.05, 3.63) is 0 Å². The van der Waals surface area contributed by atoms with Crippen LogP contribution in [0, 0.1) is 5.92 Å². The number of hydrogen-bond acceptors (Lipinski definition) is 1. The highest BCUT2D eigenvalue weighted by molar-refractivity contribution is 4.76. The summed E-state index contributed by atoms with van der Waals surface area (Å²) >= 11 is 0. The van der Waals surface area contributed by atoms with Gasteiger partial charge in [0.25, 0.3) is 0 Å². The summed E-state index contributed by atoms with van der Waals surface area (Å²) in [6.45, 7) is 5.74. The maximum atomic E-state index is 3.62. The monoisotopic (exact) mass is 169 g/mol. The zero-order valence-corrected chi connectivity index (χ0v) is 8.60. The summed E-state index contributed by atoms with van der Waals surface area (Å²) in [6.07, 6.45) is 8.46. The minimum Gasteiger partial charge on any atom is -0.314 e. The molecular weight excluding hydrogens is 146 g/mol. The van der Waals surface area contributed by atoms with E-state index in [4.69, 9.17) is 0 Å². The second kappa shape index (κ2) is 5.58. The summed E-state index contributed by atoms with van der Waals surface area (Å²) in [5.74, 6) is 1.05. The van der Waals surface area contributed by atoms with Gasteiger partial charge in [0.1, 0.15) is 0 Å². The number of nitrogens with one attached hydrogen (secondary N) is 1. The molecule has 12 heavy (non-hydrogen) atoms. The first-order chi connectivity index (χ1) is 5.86. The summed E-state index contributed by atoms with van der Waals surface area (Å²) in [6, 6.07) is 0.801. The van der Waals surface area contributed by atoms with Crippen LogP contribution in [0.1, 0.15) is 52.4 Å². The van der Waals surface area contributed by atoms with Gasteiger partial charge in [-0.05, 0) is 31.7 Å². The standard InChI is InChI=1S/C11H23N/c1-3-8-12-11(4-2)9-10-6-5-7-10/h10-12H,3-9H2,1-2H3. The van der Waals surface area contributed by atoms with Crippen LogP contribution in [0.5, 0.6) is 0 Å². The topological polar surface area (TPSA) is 12.0 Å². The van der Waals surface area contributed by atoms with Crippen molar-refractivity contribution in [2.24, 2.45) is 5.92 Å². The molecule has 1 saturated carbocycles. The first-order valence-electron chi connectivity index (χ1n) is 5.60. The predicted molar refractivity (Wildman–Crippen MR) is 54.3 cm³/mol. The first kappa shape index (κ1) is 10.0. The van der Waals surface area contributed by atoms with Gasteiger partial charge >= 0.3 is 0 Å². The minimum atomic E-state index is 0.801. The third-order valence-corrected chi connectivity index (χ3v) is 3.02. The van der Waals surface area contributed by atoms with Crippen molar-refractivity contribution in [2.45, 2.75) is 58.4 Å². The Hall–Kier alpha value is -0.0400. The van der Waals surface area contributed by atoms with E-state index in [0.29, 0.717) is 0 Å². The maximum Gasteiger partial charge on any atom is 0.00670 e. The Kier molecular flexibility index (Phi) is 4.67. The Morgan fingerprint density at radius 1 is 1.33 bits per heavy atom. The molecular formula is C11H23N. The SMILES string of the molecule is CCCNC(CC)CC1CCC1. The van der Waals surface area contributed by atoms with Crippen molar-refractivity contribution < 1.29 is 0 Å². The number of hydrogen-bond donors (Lipinski definition) is 1. The van der Waals surface area contributed by atoms with E-state index >= 15 is 0 Å². The fraction of sp³-hybridized carbons (Fsp3) is 1.00. The molecule has 0 aromatic rings. The first-order valence-corrected chi connectivity index (χ1v) is 5.60. The highest BCUT2D eigenvalue weighted by atomic mass is 14.9. The van der Waals surface area contributed by atoms with Crippen molar-refractivity contribution in [3.8, 4) is 0 Å². The molecule has 0 radical (unpaired) electrons. The molecule has 1 heteroatoms. The van der Waals surface area contributed by atoms with Gasteiger partial charge in [0.15, 0.2) is 0 Å². The molecule has 1 N–H and O–H groups in total. The van der Waals surface area contributed by atoms with Crippen LogP contribution in [-0.2, 0) is 0 Å². The van der Waals surface area contributed by atoms with Crippen molar-refractivity contribution in [2.75, 3.05) is 6.54 Å². The predicted octanol–water partition coefficient (Wildman–Crippen LogP) is 2.95. The molecule has 1 nitrogen and oxygen atoms in total. The van der Waals surface area contributed by atoms with Gasteiger partial charge in [0, 0.05) is 6.04 Å². The van der Waals surface area contributed by atoms with E-state index in [1.54, 1.807) is 0 Å². The fourth-order valence-corrected chi connectivity index (χ4v) is 1.87. The second-order valence-electron chi connectivity index (χ2n) is 4.09. The van der Waals surface area contributed by atoms with Crippen molar-refractivity contribution in [1.29, 1.82) is 0 Å². The lowest BCUT2D eigenvalue weighted by molar-refractivity contribution is 0.257. The van der Waals surface area contributed by atoms with E-state index in [9.17, 15) is 0 Å². The summed E-state index contributed by atoms with van der Waals surface area (Å²) in [4.78, 5) is 0. The van der Waals surface area contributed by atoms with E-state index in [2.05, 4.69) is 19.2 Å². The van der Waals surface area contributed by atoms with Crippen LogP contribution < -0.4 is 5.32 Å². The van der Waals surface area contributed by atoms with Gasteiger partial charge in [-0.15, -0.1) is 0 Å². The normalized spacial score (nSPS) is 20.5. The summed E-state index contributed by atoms with van der Waals surface area (Å²) in [5.41, 5.74) is 0. The van der Waals surface area contributed by atoms with Crippen LogP contribution in [0.25, 0.3) is 0 Å². The van der Waals surface area contributed by atoms with Gasteiger partial charge in [0.05, 0.1) is 0 Å². The lowest BCUT2D eigenvalue weighted by atomic mass is 9.80. The Labute approximate surface area is 76.9 Å². The van der Waals surface area contributed by atoms with E-state index < -0.39 is 0 Å². The average Bonchev–Trinajstić information content (AvgIpc) is 2.02. The van der Waals surface area contributed by atoms with Gasteiger partial charge in [0.2, 0.25) is 0 Å². The smallest absolute Gasteiger partial charge is 0.00670 e. The Morgan fingerprint density at radius 2 is 2.08 bits per heavy atom. The summed E-state index contributed by atoms with van der Waals surface area (Å²) in [7, 11) is 0. The molecule has 0 amide bonds. The molecule has 1 rings (SSSR count). The van der Waals surface area contributed by atoms with E-state index in [0.717, 1.165) is 12.0 Å². The third-order valence-electron chi connectivity index (χ3n) is 3.02. The molecule has 0 aromatic heterocycles. The minimum absolute atomic E-state index is 0.801. The quantitative estimate of drug-likeness (QED) is 0.644. The molecule has 72 valence electrons. The van der Waals surface area contributed by atoms with Gasteiger partial charge in [-0.2, -0.15) is 0 Å². The van der Waals surface area contributed by atoms with Crippen LogP contribution in [0.4, 0.5) is 0 Å². The average molecular weight is 169 g/mol.